The summed E-state index contributed by atoms with van der Waals surface area (Å²) in [5.41, 5.74) is 5.25. The highest BCUT2D eigenvalue weighted by Gasteiger charge is 2.19. The lowest BCUT2D eigenvalue weighted by Crippen LogP contribution is -1.93. The van der Waals surface area contributed by atoms with E-state index >= 15 is 0 Å². The van der Waals surface area contributed by atoms with Gasteiger partial charge in [-0.3, -0.25) is 0 Å². The molecule has 3 aromatic heterocycles. The molecule has 4 heteroatoms. The minimum atomic E-state index is 0.775. The number of rotatable bonds is 1. The molecule has 5 aromatic carbocycles. The Morgan fingerprint density at radius 2 is 1.29 bits per heavy atom. The molecule has 0 atom stereocenters. The van der Waals surface area contributed by atoms with Crippen LogP contribution < -0.4 is 0 Å². The summed E-state index contributed by atoms with van der Waals surface area (Å²) in [6.45, 7) is 0. The Bertz CT molecular complexity index is 2040. The van der Waals surface area contributed by atoms with Crippen LogP contribution in [0, 0.1) is 0 Å². The fraction of sp³-hybridized carbons (Fsp3) is 0. The van der Waals surface area contributed by atoms with E-state index in [1.807, 2.05) is 12.1 Å². The highest BCUT2D eigenvalue weighted by atomic mass is 35.5. The summed E-state index contributed by atoms with van der Waals surface area (Å²) < 4.78 is 10.8. The summed E-state index contributed by atoms with van der Waals surface area (Å²) in [7, 11) is 0. The van der Waals surface area contributed by atoms with Crippen LogP contribution >= 0.6 is 22.9 Å². The second-order valence-electron chi connectivity index (χ2n) is 8.69. The zero-order chi connectivity index (χ0) is 22.4. The van der Waals surface area contributed by atoms with Crippen molar-refractivity contribution in [2.24, 2.45) is 0 Å². The topological polar surface area (TPSA) is 18.1 Å². The molecular weight excluding hydrogens is 458 g/mol. The Morgan fingerprint density at radius 1 is 0.618 bits per heavy atom. The number of hydrogen-bond donors (Lipinski definition) is 0. The third-order valence-corrected chi connectivity index (χ3v) is 8.47. The molecule has 2 nitrogen and oxygen atoms in total. The lowest BCUT2D eigenvalue weighted by molar-refractivity contribution is 0.669. The number of nitrogens with zero attached hydrogens (tertiary/aromatic N) is 1. The van der Waals surface area contributed by atoms with Gasteiger partial charge in [0.05, 0.1) is 20.8 Å². The molecule has 0 fully saturated rings. The predicted molar refractivity (Wildman–Crippen MR) is 146 cm³/mol. The number of hydrogen-bond acceptors (Lipinski definition) is 2. The van der Waals surface area contributed by atoms with Crippen molar-refractivity contribution in [1.29, 1.82) is 0 Å². The maximum atomic E-state index is 6.97. The van der Waals surface area contributed by atoms with Crippen LogP contribution in [0.1, 0.15) is 0 Å². The number of furan rings is 1. The largest absolute Gasteiger partial charge is 0.456 e. The zero-order valence-corrected chi connectivity index (χ0v) is 19.5. The highest BCUT2D eigenvalue weighted by Crippen LogP contribution is 2.46. The van der Waals surface area contributed by atoms with Crippen LogP contribution in [0.25, 0.3) is 69.6 Å². The Hall–Kier alpha value is -3.79. The minimum Gasteiger partial charge on any atom is -0.456 e. The van der Waals surface area contributed by atoms with Gasteiger partial charge >= 0.3 is 0 Å². The molecule has 0 bridgehead atoms. The van der Waals surface area contributed by atoms with E-state index in [9.17, 15) is 0 Å². The van der Waals surface area contributed by atoms with Crippen LogP contribution in [-0.2, 0) is 0 Å². The van der Waals surface area contributed by atoms with E-state index in [0.717, 1.165) is 37.3 Å². The molecule has 0 spiro atoms. The van der Waals surface area contributed by atoms with Crippen LogP contribution in [0.3, 0.4) is 0 Å². The molecule has 8 rings (SSSR count). The first-order valence-corrected chi connectivity index (χ1v) is 12.4. The predicted octanol–water partition coefficient (Wildman–Crippen LogP) is 9.70. The van der Waals surface area contributed by atoms with Crippen molar-refractivity contribution >= 4 is 86.9 Å². The van der Waals surface area contributed by atoms with Gasteiger partial charge < -0.3 is 8.98 Å². The summed E-state index contributed by atoms with van der Waals surface area (Å²) >= 11 is 8.72. The van der Waals surface area contributed by atoms with Crippen molar-refractivity contribution in [2.45, 2.75) is 0 Å². The second-order valence-corrected chi connectivity index (χ2v) is 10.1. The maximum absolute atomic E-state index is 6.97. The van der Waals surface area contributed by atoms with E-state index in [1.54, 1.807) is 11.3 Å². The highest BCUT2D eigenvalue weighted by molar-refractivity contribution is 7.26. The molecule has 34 heavy (non-hydrogen) atoms. The van der Waals surface area contributed by atoms with Gasteiger partial charge in [-0.2, -0.15) is 0 Å². The van der Waals surface area contributed by atoms with Gasteiger partial charge in [0.2, 0.25) is 0 Å². The standard InChI is InChI=1S/C30H16ClNOS/c31-22-16-17(32-23-10-4-1-7-18(23)19-8-2-5-11-24(19)32)15-21-29-27(34-30(21)22)14-13-26-28(29)20-9-3-6-12-25(20)33-26/h1-16H. The number of halogens is 1. The molecular formula is C30H16ClNOS. The van der Waals surface area contributed by atoms with Gasteiger partial charge in [-0.1, -0.05) is 66.2 Å². The molecule has 0 saturated carbocycles. The molecule has 0 amide bonds. The monoisotopic (exact) mass is 473 g/mol. The second kappa shape index (κ2) is 6.63. The molecule has 0 radical (unpaired) electrons. The van der Waals surface area contributed by atoms with E-state index in [4.69, 9.17) is 16.0 Å². The lowest BCUT2D eigenvalue weighted by Gasteiger charge is -2.09. The number of fused-ring (bicyclic) bond motifs is 10. The third kappa shape index (κ3) is 2.35. The molecule has 0 aliphatic rings. The normalized spacial score (nSPS) is 12.3. The number of thiophene rings is 1. The summed E-state index contributed by atoms with van der Waals surface area (Å²) in [5, 5.41) is 7.95. The fourth-order valence-electron chi connectivity index (χ4n) is 5.46. The van der Waals surface area contributed by atoms with Gasteiger partial charge in [0.15, 0.2) is 0 Å². The van der Waals surface area contributed by atoms with Gasteiger partial charge in [0.1, 0.15) is 11.2 Å². The van der Waals surface area contributed by atoms with Gasteiger partial charge in [-0.05, 0) is 42.5 Å². The first-order valence-electron chi connectivity index (χ1n) is 11.2. The first kappa shape index (κ1) is 18.6. The van der Waals surface area contributed by atoms with E-state index in [0.29, 0.717) is 0 Å². The number of para-hydroxylation sites is 3. The molecule has 0 unspecified atom stereocenters. The molecule has 0 N–H and O–H groups in total. The van der Waals surface area contributed by atoms with Gasteiger partial charge in [-0.15, -0.1) is 11.3 Å². The van der Waals surface area contributed by atoms with Crippen molar-refractivity contribution < 1.29 is 4.42 Å². The van der Waals surface area contributed by atoms with Gasteiger partial charge in [-0.25, -0.2) is 0 Å². The fourth-order valence-corrected chi connectivity index (χ4v) is 6.89. The molecule has 3 heterocycles. The molecule has 160 valence electrons. The quantitative estimate of drug-likeness (QED) is 0.232. The van der Waals surface area contributed by atoms with Crippen LogP contribution in [-0.4, -0.2) is 4.57 Å². The third-order valence-electron chi connectivity index (χ3n) is 6.85. The number of aromatic nitrogens is 1. The van der Waals surface area contributed by atoms with Crippen LogP contribution in [0.15, 0.2) is 101 Å². The SMILES string of the molecule is Clc1cc(-n2c3ccccc3c3ccccc32)cc2c1sc1ccc3oc4ccccc4c3c12. The van der Waals surface area contributed by atoms with Crippen molar-refractivity contribution in [3.05, 3.63) is 102 Å². The van der Waals surface area contributed by atoms with Crippen LogP contribution in [0.5, 0.6) is 0 Å². The van der Waals surface area contributed by atoms with Crippen molar-refractivity contribution in [3.63, 3.8) is 0 Å². The smallest absolute Gasteiger partial charge is 0.136 e. The molecule has 0 saturated heterocycles. The lowest BCUT2D eigenvalue weighted by atomic mass is 10.0. The Kier molecular flexibility index (Phi) is 3.63. The summed E-state index contributed by atoms with van der Waals surface area (Å²) in [4.78, 5) is 0. The van der Waals surface area contributed by atoms with Gasteiger partial charge in [0.25, 0.3) is 0 Å². The average molecular weight is 474 g/mol. The maximum Gasteiger partial charge on any atom is 0.136 e. The molecule has 0 aliphatic carbocycles. The van der Waals surface area contributed by atoms with E-state index in [2.05, 4.69) is 89.5 Å². The van der Waals surface area contributed by atoms with Crippen molar-refractivity contribution in [1.82, 2.24) is 4.57 Å². The zero-order valence-electron chi connectivity index (χ0n) is 17.9. The summed E-state index contributed by atoms with van der Waals surface area (Å²) in [6, 6.07) is 34.0. The summed E-state index contributed by atoms with van der Waals surface area (Å²) in [5.74, 6) is 0. The van der Waals surface area contributed by atoms with Crippen LogP contribution in [0.4, 0.5) is 0 Å². The van der Waals surface area contributed by atoms with Gasteiger partial charge in [0, 0.05) is 42.7 Å². The summed E-state index contributed by atoms with van der Waals surface area (Å²) in [6.07, 6.45) is 0. The first-order chi connectivity index (χ1) is 16.8. The Labute approximate surface area is 203 Å². The van der Waals surface area contributed by atoms with E-state index in [1.165, 1.54) is 37.3 Å². The van der Waals surface area contributed by atoms with E-state index < -0.39 is 0 Å². The minimum absolute atomic E-state index is 0.775. The Balaban J connectivity index is 1.56. The number of benzene rings is 5. The van der Waals surface area contributed by atoms with Crippen molar-refractivity contribution in [2.75, 3.05) is 0 Å². The average Bonchev–Trinajstić information content (AvgIpc) is 3.53. The Morgan fingerprint density at radius 3 is 2.06 bits per heavy atom. The molecule has 8 aromatic rings. The molecule has 0 aliphatic heterocycles. The van der Waals surface area contributed by atoms with Crippen LogP contribution in [0.2, 0.25) is 5.02 Å². The van der Waals surface area contributed by atoms with Crippen molar-refractivity contribution in [3.8, 4) is 5.69 Å². The van der Waals surface area contributed by atoms with E-state index in [-0.39, 0.29) is 0 Å².